The third-order valence-electron chi connectivity index (χ3n) is 2.43. The Bertz CT molecular complexity index is 522. The smallest absolute Gasteiger partial charge is 0.137 e. The fraction of sp³-hybridized carbons (Fsp3) is 0.154. The first-order chi connectivity index (χ1) is 8.70. The number of nitrogens with zero attached hydrogens (tertiary/aromatic N) is 1. The highest BCUT2D eigenvalue weighted by Crippen LogP contribution is 2.29. The van der Waals surface area contributed by atoms with Crippen LogP contribution in [0.2, 0.25) is 0 Å². The van der Waals surface area contributed by atoms with Crippen LogP contribution in [-0.4, -0.2) is 11.5 Å². The van der Waals surface area contributed by atoms with Crippen molar-refractivity contribution in [1.29, 1.82) is 0 Å². The van der Waals surface area contributed by atoms with Gasteiger partial charge in [0.15, 0.2) is 0 Å². The summed E-state index contributed by atoms with van der Waals surface area (Å²) >= 11 is 3.31. The van der Waals surface area contributed by atoms with Crippen LogP contribution in [0.1, 0.15) is 11.7 Å². The maximum Gasteiger partial charge on any atom is 0.137 e. The van der Waals surface area contributed by atoms with Crippen LogP contribution in [0.4, 0.5) is 4.39 Å². The number of ether oxygens (including phenoxy) is 1. The molecular formula is C13H12BrFN2O. The molecule has 2 rings (SSSR count). The number of halogens is 2. The van der Waals surface area contributed by atoms with E-state index < -0.39 is 0 Å². The Balaban J connectivity index is 2.23. The van der Waals surface area contributed by atoms with Gasteiger partial charge in [-0.1, -0.05) is 6.07 Å². The quantitative estimate of drug-likeness (QED) is 0.944. The SMILES string of the molecule is NCC(Oc1cc(F)ccc1Br)c1cccnc1. The minimum absolute atomic E-state index is 0.286. The molecule has 0 saturated carbocycles. The van der Waals surface area contributed by atoms with Gasteiger partial charge in [-0.25, -0.2) is 4.39 Å². The van der Waals surface area contributed by atoms with Crippen molar-refractivity contribution in [3.05, 3.63) is 58.6 Å². The zero-order valence-electron chi connectivity index (χ0n) is 9.51. The Labute approximate surface area is 113 Å². The maximum atomic E-state index is 13.2. The van der Waals surface area contributed by atoms with E-state index in [2.05, 4.69) is 20.9 Å². The van der Waals surface area contributed by atoms with Crippen molar-refractivity contribution in [2.24, 2.45) is 5.73 Å². The van der Waals surface area contributed by atoms with Crippen LogP contribution < -0.4 is 10.5 Å². The van der Waals surface area contributed by atoms with Crippen molar-refractivity contribution in [3.8, 4) is 5.75 Å². The summed E-state index contributed by atoms with van der Waals surface area (Å²) in [5.41, 5.74) is 6.54. The first kappa shape index (κ1) is 13.0. The van der Waals surface area contributed by atoms with E-state index >= 15 is 0 Å². The molecule has 0 fully saturated rings. The van der Waals surface area contributed by atoms with E-state index in [9.17, 15) is 4.39 Å². The lowest BCUT2D eigenvalue weighted by atomic mass is 10.1. The summed E-state index contributed by atoms with van der Waals surface area (Å²) in [6.07, 6.45) is 3.01. The van der Waals surface area contributed by atoms with Gasteiger partial charge in [-0.05, 0) is 34.1 Å². The number of rotatable bonds is 4. The molecule has 0 radical (unpaired) electrons. The maximum absolute atomic E-state index is 13.2. The number of pyridine rings is 1. The summed E-state index contributed by atoms with van der Waals surface area (Å²) in [6, 6.07) is 7.96. The number of nitrogens with two attached hydrogens (primary N) is 1. The molecule has 3 nitrogen and oxygen atoms in total. The first-order valence-electron chi connectivity index (χ1n) is 5.42. The van der Waals surface area contributed by atoms with E-state index in [1.165, 1.54) is 12.1 Å². The molecule has 5 heteroatoms. The van der Waals surface area contributed by atoms with Crippen LogP contribution in [-0.2, 0) is 0 Å². The fourth-order valence-corrected chi connectivity index (χ4v) is 1.88. The van der Waals surface area contributed by atoms with Gasteiger partial charge in [0.1, 0.15) is 17.7 Å². The van der Waals surface area contributed by atoms with Crippen LogP contribution in [0.25, 0.3) is 0 Å². The summed E-state index contributed by atoms with van der Waals surface area (Å²) in [4.78, 5) is 4.01. The van der Waals surface area contributed by atoms with Crippen molar-refractivity contribution in [2.45, 2.75) is 6.10 Å². The van der Waals surface area contributed by atoms with Crippen LogP contribution in [0, 0.1) is 5.82 Å². The number of aromatic nitrogens is 1. The Morgan fingerprint density at radius 1 is 1.39 bits per heavy atom. The van der Waals surface area contributed by atoms with Gasteiger partial charge in [-0.2, -0.15) is 0 Å². The van der Waals surface area contributed by atoms with Gasteiger partial charge in [0.2, 0.25) is 0 Å². The molecule has 1 heterocycles. The van der Waals surface area contributed by atoms with E-state index in [0.717, 1.165) is 5.56 Å². The van der Waals surface area contributed by atoms with Crippen molar-refractivity contribution >= 4 is 15.9 Å². The molecule has 0 amide bonds. The third kappa shape index (κ3) is 3.05. The molecule has 18 heavy (non-hydrogen) atoms. The van der Waals surface area contributed by atoms with Crippen molar-refractivity contribution in [3.63, 3.8) is 0 Å². The second-order valence-electron chi connectivity index (χ2n) is 3.70. The molecule has 0 bridgehead atoms. The molecule has 1 unspecified atom stereocenters. The van der Waals surface area contributed by atoms with Crippen molar-refractivity contribution in [2.75, 3.05) is 6.54 Å². The predicted octanol–water partition coefficient (Wildman–Crippen LogP) is 3.06. The summed E-state index contributed by atoms with van der Waals surface area (Å²) in [6.45, 7) is 0.286. The van der Waals surface area contributed by atoms with Gasteiger partial charge in [0.05, 0.1) is 4.47 Å². The molecule has 2 aromatic rings. The lowest BCUT2D eigenvalue weighted by Gasteiger charge is -2.18. The van der Waals surface area contributed by atoms with Crippen molar-refractivity contribution in [1.82, 2.24) is 4.98 Å². The third-order valence-corrected chi connectivity index (χ3v) is 3.09. The van der Waals surface area contributed by atoms with Gasteiger partial charge >= 0.3 is 0 Å². The van der Waals surface area contributed by atoms with E-state index in [4.69, 9.17) is 10.5 Å². The minimum Gasteiger partial charge on any atom is -0.483 e. The highest BCUT2D eigenvalue weighted by atomic mass is 79.9. The Kier molecular flexibility index (Phi) is 4.28. The van der Waals surface area contributed by atoms with Crippen LogP contribution >= 0.6 is 15.9 Å². The normalized spacial score (nSPS) is 12.2. The predicted molar refractivity (Wildman–Crippen MR) is 70.8 cm³/mol. The van der Waals surface area contributed by atoms with Crippen LogP contribution in [0.5, 0.6) is 5.75 Å². The summed E-state index contributed by atoms with van der Waals surface area (Å²) in [5.74, 6) is 0.0736. The van der Waals surface area contributed by atoms with Gasteiger partial charge in [-0.15, -0.1) is 0 Å². The van der Waals surface area contributed by atoms with Crippen molar-refractivity contribution < 1.29 is 9.13 Å². The lowest BCUT2D eigenvalue weighted by molar-refractivity contribution is 0.211. The van der Waals surface area contributed by atoms with E-state index in [1.54, 1.807) is 18.5 Å². The van der Waals surface area contributed by atoms with Crippen LogP contribution in [0.3, 0.4) is 0 Å². The Hall–Kier alpha value is -1.46. The molecule has 0 aliphatic rings. The monoisotopic (exact) mass is 310 g/mol. The molecule has 2 N–H and O–H groups in total. The fourth-order valence-electron chi connectivity index (χ4n) is 1.54. The summed E-state index contributed by atoms with van der Waals surface area (Å²) < 4.78 is 19.6. The zero-order chi connectivity index (χ0) is 13.0. The Morgan fingerprint density at radius 2 is 2.22 bits per heavy atom. The highest BCUT2D eigenvalue weighted by molar-refractivity contribution is 9.10. The Morgan fingerprint density at radius 3 is 2.89 bits per heavy atom. The average molecular weight is 311 g/mol. The summed E-state index contributed by atoms with van der Waals surface area (Å²) in [5, 5.41) is 0. The molecule has 1 atom stereocenters. The molecule has 0 spiro atoms. The summed E-state index contributed by atoms with van der Waals surface area (Å²) in [7, 11) is 0. The molecule has 0 saturated heterocycles. The largest absolute Gasteiger partial charge is 0.483 e. The molecule has 1 aromatic heterocycles. The molecule has 0 aliphatic heterocycles. The standard InChI is InChI=1S/C13H12BrFN2O/c14-11-4-3-10(15)6-12(11)18-13(7-16)9-2-1-5-17-8-9/h1-6,8,13H,7,16H2. The van der Waals surface area contributed by atoms with Gasteiger partial charge < -0.3 is 10.5 Å². The lowest BCUT2D eigenvalue weighted by Crippen LogP contribution is -2.18. The minimum atomic E-state index is -0.352. The van der Waals surface area contributed by atoms with Crippen LogP contribution in [0.15, 0.2) is 47.2 Å². The van der Waals surface area contributed by atoms with Gasteiger partial charge in [0.25, 0.3) is 0 Å². The number of hydrogen-bond acceptors (Lipinski definition) is 3. The van der Waals surface area contributed by atoms with E-state index in [1.807, 2.05) is 12.1 Å². The number of hydrogen-bond donors (Lipinski definition) is 1. The first-order valence-corrected chi connectivity index (χ1v) is 6.21. The van der Waals surface area contributed by atoms with E-state index in [-0.39, 0.29) is 18.5 Å². The zero-order valence-corrected chi connectivity index (χ0v) is 11.1. The molecule has 1 aromatic carbocycles. The average Bonchev–Trinajstić information content (AvgIpc) is 2.41. The number of benzene rings is 1. The molecular weight excluding hydrogens is 299 g/mol. The second-order valence-corrected chi connectivity index (χ2v) is 4.56. The van der Waals surface area contributed by atoms with Gasteiger partial charge in [0, 0.05) is 30.6 Å². The van der Waals surface area contributed by atoms with Gasteiger partial charge in [-0.3, -0.25) is 4.98 Å². The second kappa shape index (κ2) is 5.93. The molecule has 0 aliphatic carbocycles. The van der Waals surface area contributed by atoms with E-state index in [0.29, 0.717) is 10.2 Å². The molecule has 94 valence electrons. The topological polar surface area (TPSA) is 48.1 Å². The highest BCUT2D eigenvalue weighted by Gasteiger charge is 2.13.